The lowest BCUT2D eigenvalue weighted by atomic mass is 10.1. The van der Waals surface area contributed by atoms with Crippen LogP contribution in [0.3, 0.4) is 0 Å². The molecule has 0 fully saturated rings. The molecule has 0 aliphatic rings. The summed E-state index contributed by atoms with van der Waals surface area (Å²) >= 11 is 0. The summed E-state index contributed by atoms with van der Waals surface area (Å²) in [6.45, 7) is 1.77. The van der Waals surface area contributed by atoms with Gasteiger partial charge in [0.25, 0.3) is 0 Å². The molecule has 19 heavy (non-hydrogen) atoms. The largest absolute Gasteiger partial charge is 0.376 e. The van der Waals surface area contributed by atoms with Gasteiger partial charge in [0, 0.05) is 6.20 Å². The highest BCUT2D eigenvalue weighted by Crippen LogP contribution is 2.22. The van der Waals surface area contributed by atoms with Gasteiger partial charge in [-0.05, 0) is 36.8 Å². The summed E-state index contributed by atoms with van der Waals surface area (Å²) < 4.78 is 26.7. The van der Waals surface area contributed by atoms with E-state index in [1.165, 1.54) is 24.4 Å². The van der Waals surface area contributed by atoms with Crippen LogP contribution in [0.25, 0.3) is 0 Å². The third kappa shape index (κ3) is 3.05. The van der Waals surface area contributed by atoms with Crippen molar-refractivity contribution in [2.45, 2.75) is 13.0 Å². The maximum Gasteiger partial charge on any atom is 0.147 e. The fourth-order valence-corrected chi connectivity index (χ4v) is 1.68. The minimum absolute atomic E-state index is 0.253. The normalized spacial score (nSPS) is 11.7. The first-order valence-corrected chi connectivity index (χ1v) is 5.67. The number of rotatable bonds is 3. The van der Waals surface area contributed by atoms with Crippen molar-refractivity contribution in [2.75, 3.05) is 5.32 Å². The summed E-state index contributed by atoms with van der Waals surface area (Å²) in [6, 6.07) is 7.05. The quantitative estimate of drug-likeness (QED) is 0.918. The molecule has 0 saturated carbocycles. The Balaban J connectivity index is 2.20. The van der Waals surface area contributed by atoms with Crippen molar-refractivity contribution in [2.24, 2.45) is 0 Å². The van der Waals surface area contributed by atoms with Gasteiger partial charge in [-0.1, -0.05) is 0 Å². The Hall–Kier alpha value is -2.48. The van der Waals surface area contributed by atoms with Crippen LogP contribution in [0.5, 0.6) is 0 Å². The minimum atomic E-state index is -0.518. The van der Waals surface area contributed by atoms with Crippen LogP contribution in [0, 0.1) is 23.0 Å². The first-order chi connectivity index (χ1) is 9.10. The van der Waals surface area contributed by atoms with Gasteiger partial charge in [0.2, 0.25) is 0 Å². The maximum absolute atomic E-state index is 13.7. The van der Waals surface area contributed by atoms with Gasteiger partial charge in [0.1, 0.15) is 11.6 Å². The predicted octanol–water partition coefficient (Wildman–Crippen LogP) is 3.40. The molecule has 1 N–H and O–H groups in total. The fraction of sp³-hybridized carbons (Fsp3) is 0.143. The van der Waals surface area contributed by atoms with E-state index in [1.54, 1.807) is 6.92 Å². The van der Waals surface area contributed by atoms with E-state index in [1.807, 2.05) is 6.07 Å². The lowest BCUT2D eigenvalue weighted by Crippen LogP contribution is -2.08. The molecule has 5 heteroatoms. The molecular weight excluding hydrogens is 248 g/mol. The minimum Gasteiger partial charge on any atom is -0.376 e. The highest BCUT2D eigenvalue weighted by molar-refractivity contribution is 5.50. The Morgan fingerprint density at radius 1 is 1.26 bits per heavy atom. The third-order valence-corrected chi connectivity index (χ3v) is 2.70. The number of halogens is 2. The summed E-state index contributed by atoms with van der Waals surface area (Å²) in [5, 5.41) is 11.6. The van der Waals surface area contributed by atoms with Crippen LogP contribution in [0.2, 0.25) is 0 Å². The molecule has 1 aromatic heterocycles. The Bertz CT molecular complexity index is 635. The molecule has 2 aromatic rings. The van der Waals surface area contributed by atoms with E-state index in [0.717, 1.165) is 12.3 Å². The average molecular weight is 259 g/mol. The van der Waals surface area contributed by atoms with Crippen LogP contribution >= 0.6 is 0 Å². The first kappa shape index (κ1) is 13.0. The number of hydrogen-bond donors (Lipinski definition) is 1. The molecule has 0 aliphatic carbocycles. The van der Waals surface area contributed by atoms with E-state index in [0.29, 0.717) is 5.56 Å². The summed E-state index contributed by atoms with van der Waals surface area (Å²) in [5.41, 5.74) is 1.13. The molecule has 0 amide bonds. The highest BCUT2D eigenvalue weighted by Gasteiger charge is 2.10. The molecule has 1 aromatic carbocycles. The molecule has 0 saturated heterocycles. The van der Waals surface area contributed by atoms with Crippen molar-refractivity contribution in [1.82, 2.24) is 4.98 Å². The van der Waals surface area contributed by atoms with Crippen LogP contribution in [0.4, 0.5) is 14.5 Å². The second-order valence-corrected chi connectivity index (χ2v) is 4.11. The Morgan fingerprint density at radius 3 is 2.68 bits per heavy atom. The van der Waals surface area contributed by atoms with Crippen LogP contribution in [-0.4, -0.2) is 4.98 Å². The molecule has 3 nitrogen and oxygen atoms in total. The maximum atomic E-state index is 13.7. The molecule has 2 rings (SSSR count). The Kier molecular flexibility index (Phi) is 3.71. The predicted molar refractivity (Wildman–Crippen MR) is 67.3 cm³/mol. The van der Waals surface area contributed by atoms with Crippen LogP contribution in [0.1, 0.15) is 24.1 Å². The van der Waals surface area contributed by atoms with E-state index >= 15 is 0 Å². The SMILES string of the molecule is CC(Nc1ccc(C#N)cc1F)c1cncc(F)c1. The number of anilines is 1. The Labute approximate surface area is 109 Å². The topological polar surface area (TPSA) is 48.7 Å². The molecule has 0 spiro atoms. The molecule has 0 bridgehead atoms. The van der Waals surface area contributed by atoms with Gasteiger partial charge in [0.15, 0.2) is 0 Å². The fourth-order valence-electron chi connectivity index (χ4n) is 1.68. The first-order valence-electron chi connectivity index (χ1n) is 5.67. The van der Waals surface area contributed by atoms with Gasteiger partial charge >= 0.3 is 0 Å². The summed E-state index contributed by atoms with van der Waals surface area (Å²) in [6.07, 6.45) is 2.63. The number of aromatic nitrogens is 1. The van der Waals surface area contributed by atoms with E-state index in [4.69, 9.17) is 5.26 Å². The van der Waals surface area contributed by atoms with Gasteiger partial charge in [-0.15, -0.1) is 0 Å². The zero-order chi connectivity index (χ0) is 13.8. The van der Waals surface area contributed by atoms with Gasteiger partial charge in [0.05, 0.1) is 29.6 Å². The van der Waals surface area contributed by atoms with Crippen molar-refractivity contribution < 1.29 is 8.78 Å². The van der Waals surface area contributed by atoms with Crippen LogP contribution in [0.15, 0.2) is 36.7 Å². The number of nitrogens with one attached hydrogen (secondary N) is 1. The van der Waals surface area contributed by atoms with Crippen LogP contribution in [-0.2, 0) is 0 Å². The van der Waals surface area contributed by atoms with Crippen molar-refractivity contribution in [3.8, 4) is 6.07 Å². The molecule has 1 atom stereocenters. The zero-order valence-electron chi connectivity index (χ0n) is 10.2. The number of pyridine rings is 1. The molecular formula is C14H11F2N3. The second kappa shape index (κ2) is 5.44. The third-order valence-electron chi connectivity index (χ3n) is 2.70. The van der Waals surface area contributed by atoms with Gasteiger partial charge < -0.3 is 5.32 Å². The van der Waals surface area contributed by atoms with Gasteiger partial charge in [-0.3, -0.25) is 4.98 Å². The molecule has 1 unspecified atom stereocenters. The van der Waals surface area contributed by atoms with Crippen LogP contribution < -0.4 is 5.32 Å². The molecule has 0 aliphatic heterocycles. The Morgan fingerprint density at radius 2 is 2.05 bits per heavy atom. The summed E-state index contributed by atoms with van der Waals surface area (Å²) in [4.78, 5) is 3.74. The lowest BCUT2D eigenvalue weighted by molar-refractivity contribution is 0.614. The zero-order valence-corrected chi connectivity index (χ0v) is 10.2. The average Bonchev–Trinajstić information content (AvgIpc) is 2.41. The highest BCUT2D eigenvalue weighted by atomic mass is 19.1. The molecule has 96 valence electrons. The second-order valence-electron chi connectivity index (χ2n) is 4.11. The number of benzene rings is 1. The van der Waals surface area contributed by atoms with Gasteiger partial charge in [-0.25, -0.2) is 8.78 Å². The summed E-state index contributed by atoms with van der Waals surface area (Å²) in [7, 11) is 0. The van der Waals surface area contributed by atoms with E-state index < -0.39 is 11.6 Å². The molecule has 0 radical (unpaired) electrons. The lowest BCUT2D eigenvalue weighted by Gasteiger charge is -2.16. The number of nitriles is 1. The number of hydrogen-bond acceptors (Lipinski definition) is 3. The van der Waals surface area contributed by atoms with E-state index in [2.05, 4.69) is 10.3 Å². The monoisotopic (exact) mass is 259 g/mol. The smallest absolute Gasteiger partial charge is 0.147 e. The van der Waals surface area contributed by atoms with Crippen molar-refractivity contribution >= 4 is 5.69 Å². The van der Waals surface area contributed by atoms with Crippen molar-refractivity contribution in [1.29, 1.82) is 5.26 Å². The van der Waals surface area contributed by atoms with E-state index in [-0.39, 0.29) is 17.3 Å². The summed E-state index contributed by atoms with van der Waals surface area (Å²) in [5.74, 6) is -0.957. The van der Waals surface area contributed by atoms with E-state index in [9.17, 15) is 8.78 Å². The standard InChI is InChI=1S/C14H11F2N3/c1-9(11-5-12(15)8-18-7-11)19-14-3-2-10(6-17)4-13(14)16/h2-5,7-9,19H,1H3. The number of nitrogens with zero attached hydrogens (tertiary/aromatic N) is 2. The van der Waals surface area contributed by atoms with Crippen molar-refractivity contribution in [3.63, 3.8) is 0 Å². The molecule has 1 heterocycles. The van der Waals surface area contributed by atoms with Crippen molar-refractivity contribution in [3.05, 3.63) is 59.4 Å². The van der Waals surface area contributed by atoms with Gasteiger partial charge in [-0.2, -0.15) is 5.26 Å².